The molecule has 1 spiro atoms. The van der Waals surface area contributed by atoms with Crippen molar-refractivity contribution < 1.29 is 9.47 Å². The summed E-state index contributed by atoms with van der Waals surface area (Å²) in [5, 5.41) is 4.28. The van der Waals surface area contributed by atoms with Gasteiger partial charge in [0, 0.05) is 35.9 Å². The van der Waals surface area contributed by atoms with Gasteiger partial charge in [-0.3, -0.25) is 4.79 Å². The van der Waals surface area contributed by atoms with Gasteiger partial charge < -0.3 is 19.8 Å². The van der Waals surface area contributed by atoms with Crippen LogP contribution in [0.2, 0.25) is 0 Å². The minimum absolute atomic E-state index is 0.107. The molecule has 1 aliphatic heterocycles. The van der Waals surface area contributed by atoms with E-state index in [0.717, 1.165) is 25.0 Å². The third-order valence-electron chi connectivity index (χ3n) is 4.09. The maximum atomic E-state index is 11.6. The first-order valence-electron chi connectivity index (χ1n) is 7.30. The number of ether oxygens (including phenoxy) is 2. The number of rotatable bonds is 3. The van der Waals surface area contributed by atoms with Crippen LogP contribution in [0.1, 0.15) is 25.0 Å². The fourth-order valence-electron chi connectivity index (χ4n) is 3.08. The van der Waals surface area contributed by atoms with Crippen LogP contribution in [0, 0.1) is 6.92 Å². The number of aromatic nitrogens is 2. The zero-order chi connectivity index (χ0) is 14.9. The smallest absolute Gasteiger partial charge is 0.251 e. The molecule has 1 aromatic heterocycles. The number of hydrogen-bond acceptors (Lipinski definition) is 6. The van der Waals surface area contributed by atoms with Gasteiger partial charge in [-0.15, -0.1) is 0 Å². The van der Waals surface area contributed by atoms with Gasteiger partial charge in [-0.2, -0.15) is 0 Å². The molecule has 2 unspecified atom stereocenters. The van der Waals surface area contributed by atoms with Crippen molar-refractivity contribution in [1.82, 2.24) is 15.3 Å². The second-order valence-corrected chi connectivity index (χ2v) is 6.82. The highest BCUT2D eigenvalue weighted by atomic mass is 32.2. The molecule has 0 amide bonds. The van der Waals surface area contributed by atoms with E-state index in [1.54, 1.807) is 11.8 Å². The predicted octanol–water partition coefficient (Wildman–Crippen LogP) is 1.05. The van der Waals surface area contributed by atoms with Crippen LogP contribution < -0.4 is 10.9 Å². The van der Waals surface area contributed by atoms with Crippen molar-refractivity contribution in [2.45, 2.75) is 48.4 Å². The highest BCUT2D eigenvalue weighted by Gasteiger charge is 2.45. The van der Waals surface area contributed by atoms with Crippen LogP contribution in [0.5, 0.6) is 0 Å². The molecule has 1 saturated carbocycles. The maximum Gasteiger partial charge on any atom is 0.251 e. The van der Waals surface area contributed by atoms with Gasteiger partial charge in [-0.1, -0.05) is 11.8 Å². The lowest BCUT2D eigenvalue weighted by Crippen LogP contribution is -2.48. The van der Waals surface area contributed by atoms with Gasteiger partial charge in [0.2, 0.25) is 0 Å². The summed E-state index contributed by atoms with van der Waals surface area (Å²) in [7, 11) is 1.97. The SMILES string of the molecule is CNC1CCC2(CC1Sc1nc(C)cc(=O)[nH]1)OCCO2. The quantitative estimate of drug-likeness (QED) is 0.813. The fraction of sp³-hybridized carbons (Fsp3) is 0.714. The van der Waals surface area contributed by atoms with Crippen LogP contribution in [0.3, 0.4) is 0 Å². The molecule has 7 heteroatoms. The first-order chi connectivity index (χ1) is 10.1. The molecule has 2 aliphatic rings. The molecule has 116 valence electrons. The van der Waals surface area contributed by atoms with E-state index in [-0.39, 0.29) is 10.8 Å². The number of hydrogen-bond donors (Lipinski definition) is 2. The second kappa shape index (κ2) is 6.08. The highest BCUT2D eigenvalue weighted by Crippen LogP contribution is 2.41. The molecule has 2 atom stereocenters. The molecule has 0 aromatic carbocycles. The molecule has 2 fully saturated rings. The lowest BCUT2D eigenvalue weighted by Gasteiger charge is -2.40. The van der Waals surface area contributed by atoms with Gasteiger partial charge in [-0.25, -0.2) is 4.98 Å². The Labute approximate surface area is 128 Å². The van der Waals surface area contributed by atoms with Crippen LogP contribution >= 0.6 is 11.8 Å². The highest BCUT2D eigenvalue weighted by molar-refractivity contribution is 7.99. The van der Waals surface area contributed by atoms with Crippen molar-refractivity contribution in [3.63, 3.8) is 0 Å². The zero-order valence-electron chi connectivity index (χ0n) is 12.3. The Kier molecular flexibility index (Phi) is 4.35. The standard InChI is InChI=1S/C14H21N3O3S/c1-9-7-12(18)17-13(16-9)21-11-8-14(19-5-6-20-14)4-3-10(11)15-2/h7,10-11,15H,3-6,8H2,1-2H3,(H,16,17,18). The number of nitrogens with zero attached hydrogens (tertiary/aromatic N) is 1. The fourth-order valence-corrected chi connectivity index (χ4v) is 4.49. The van der Waals surface area contributed by atoms with Crippen molar-refractivity contribution in [3.05, 3.63) is 22.1 Å². The molecular formula is C14H21N3O3S. The summed E-state index contributed by atoms with van der Waals surface area (Å²) in [6.45, 7) is 3.17. The topological polar surface area (TPSA) is 76.2 Å². The molecule has 3 rings (SSSR count). The van der Waals surface area contributed by atoms with E-state index < -0.39 is 5.79 Å². The summed E-state index contributed by atoms with van der Waals surface area (Å²) in [5.74, 6) is -0.435. The predicted molar refractivity (Wildman–Crippen MR) is 80.6 cm³/mol. The van der Waals surface area contributed by atoms with Crippen LogP contribution in [-0.2, 0) is 9.47 Å². The van der Waals surface area contributed by atoms with Crippen molar-refractivity contribution >= 4 is 11.8 Å². The number of aryl methyl sites for hydroxylation is 1. The monoisotopic (exact) mass is 311 g/mol. The van der Waals surface area contributed by atoms with Crippen molar-refractivity contribution in [3.8, 4) is 0 Å². The zero-order valence-corrected chi connectivity index (χ0v) is 13.2. The Balaban J connectivity index is 1.78. The molecule has 21 heavy (non-hydrogen) atoms. The number of nitrogens with one attached hydrogen (secondary N) is 2. The summed E-state index contributed by atoms with van der Waals surface area (Å²) in [6, 6.07) is 1.87. The van der Waals surface area contributed by atoms with E-state index in [4.69, 9.17) is 9.47 Å². The van der Waals surface area contributed by atoms with E-state index >= 15 is 0 Å². The Bertz CT molecular complexity index is 557. The second-order valence-electron chi connectivity index (χ2n) is 5.59. The van der Waals surface area contributed by atoms with E-state index in [9.17, 15) is 4.79 Å². The summed E-state index contributed by atoms with van der Waals surface area (Å²) < 4.78 is 11.7. The molecule has 1 saturated heterocycles. The Hall–Kier alpha value is -0.890. The summed E-state index contributed by atoms with van der Waals surface area (Å²) >= 11 is 1.60. The van der Waals surface area contributed by atoms with E-state index in [0.29, 0.717) is 24.4 Å². The van der Waals surface area contributed by atoms with Gasteiger partial charge in [-0.05, 0) is 20.4 Å². The largest absolute Gasteiger partial charge is 0.347 e. The van der Waals surface area contributed by atoms with Gasteiger partial charge in [0.05, 0.1) is 13.2 Å². The summed E-state index contributed by atoms with van der Waals surface area (Å²) in [5.41, 5.74) is 0.631. The number of thioether (sulfide) groups is 1. The van der Waals surface area contributed by atoms with E-state index in [1.165, 1.54) is 6.07 Å². The third kappa shape index (κ3) is 3.31. The van der Waals surface area contributed by atoms with Gasteiger partial charge in [0.15, 0.2) is 10.9 Å². The first kappa shape index (κ1) is 15.0. The number of aromatic amines is 1. The molecule has 6 nitrogen and oxygen atoms in total. The summed E-state index contributed by atoms with van der Waals surface area (Å²) in [4.78, 5) is 18.8. The number of H-pyrrole nitrogens is 1. The Morgan fingerprint density at radius 3 is 2.90 bits per heavy atom. The van der Waals surface area contributed by atoms with Gasteiger partial charge in [0.25, 0.3) is 5.56 Å². The van der Waals surface area contributed by atoms with Crippen LogP contribution in [0.25, 0.3) is 0 Å². The average molecular weight is 311 g/mol. The maximum absolute atomic E-state index is 11.6. The lowest BCUT2D eigenvalue weighted by molar-refractivity contribution is -0.177. The minimum Gasteiger partial charge on any atom is -0.347 e. The average Bonchev–Trinajstić information content (AvgIpc) is 2.86. The molecule has 2 N–H and O–H groups in total. The van der Waals surface area contributed by atoms with Crippen LogP contribution in [0.4, 0.5) is 0 Å². The first-order valence-corrected chi connectivity index (χ1v) is 8.18. The van der Waals surface area contributed by atoms with Crippen molar-refractivity contribution in [2.75, 3.05) is 20.3 Å². The van der Waals surface area contributed by atoms with E-state index in [2.05, 4.69) is 15.3 Å². The molecule has 1 aromatic rings. The normalized spacial score (nSPS) is 28.1. The van der Waals surface area contributed by atoms with Crippen molar-refractivity contribution in [2.24, 2.45) is 0 Å². The Morgan fingerprint density at radius 2 is 2.24 bits per heavy atom. The molecule has 1 aliphatic carbocycles. The van der Waals surface area contributed by atoms with E-state index in [1.807, 2.05) is 14.0 Å². The van der Waals surface area contributed by atoms with Crippen LogP contribution in [0.15, 0.2) is 16.0 Å². The van der Waals surface area contributed by atoms with Crippen LogP contribution in [-0.4, -0.2) is 47.3 Å². The third-order valence-corrected chi connectivity index (χ3v) is 5.31. The summed E-state index contributed by atoms with van der Waals surface area (Å²) in [6.07, 6.45) is 2.71. The van der Waals surface area contributed by atoms with Gasteiger partial charge in [0.1, 0.15) is 0 Å². The minimum atomic E-state index is -0.435. The molecule has 2 heterocycles. The molecule has 0 bridgehead atoms. The van der Waals surface area contributed by atoms with Gasteiger partial charge >= 0.3 is 0 Å². The lowest BCUT2D eigenvalue weighted by atomic mass is 9.89. The van der Waals surface area contributed by atoms with Crippen molar-refractivity contribution in [1.29, 1.82) is 0 Å². The Morgan fingerprint density at radius 1 is 1.48 bits per heavy atom. The molecular weight excluding hydrogens is 290 g/mol. The molecule has 0 radical (unpaired) electrons.